The molecule has 15 heavy (non-hydrogen) atoms. The van der Waals surface area contributed by atoms with Crippen molar-refractivity contribution in [2.24, 2.45) is 0 Å². The van der Waals surface area contributed by atoms with Crippen molar-refractivity contribution in [3.63, 3.8) is 0 Å². The highest BCUT2D eigenvalue weighted by Gasteiger charge is 2.13. The molecule has 0 saturated carbocycles. The van der Waals surface area contributed by atoms with Gasteiger partial charge in [-0.2, -0.15) is 5.10 Å². The second-order valence-electron chi connectivity index (χ2n) is 3.93. The molecule has 2 aromatic heterocycles. The number of nitrogens with zero attached hydrogens (tertiary/aromatic N) is 2. The van der Waals surface area contributed by atoms with E-state index in [-0.39, 0.29) is 5.82 Å². The number of pyridine rings is 1. The Balaban J connectivity index is 2.68. The maximum atomic E-state index is 13.5. The molecule has 0 amide bonds. The number of aromatic nitrogens is 3. The molecule has 0 radical (unpaired) electrons. The van der Waals surface area contributed by atoms with E-state index in [0.717, 1.165) is 11.1 Å². The van der Waals surface area contributed by atoms with Crippen LogP contribution in [0.1, 0.15) is 38.1 Å². The van der Waals surface area contributed by atoms with Gasteiger partial charge >= 0.3 is 0 Å². The highest BCUT2D eigenvalue weighted by atomic mass is 19.1. The largest absolute Gasteiger partial charge is 0.279 e. The topological polar surface area (TPSA) is 41.6 Å². The van der Waals surface area contributed by atoms with Gasteiger partial charge in [0.25, 0.3) is 0 Å². The molecule has 1 N–H and O–H groups in total. The maximum absolute atomic E-state index is 13.5. The summed E-state index contributed by atoms with van der Waals surface area (Å²) in [7, 11) is 0. The molecule has 2 rings (SSSR count). The zero-order valence-corrected chi connectivity index (χ0v) is 9.13. The Labute approximate surface area is 87.7 Å². The Bertz CT molecular complexity index is 488. The molecule has 0 unspecified atom stereocenters. The highest BCUT2D eigenvalue weighted by Crippen LogP contribution is 2.23. The Morgan fingerprint density at radius 1 is 1.47 bits per heavy atom. The SMILES string of the molecule is CCc1nc2n[nH]c(C(C)C)c2cc1F. The second-order valence-corrected chi connectivity index (χ2v) is 3.93. The first-order valence-corrected chi connectivity index (χ1v) is 5.16. The first-order valence-electron chi connectivity index (χ1n) is 5.16. The number of aryl methyl sites for hydroxylation is 1. The van der Waals surface area contributed by atoms with E-state index in [0.29, 0.717) is 23.7 Å². The van der Waals surface area contributed by atoms with Crippen molar-refractivity contribution in [2.45, 2.75) is 33.1 Å². The maximum Gasteiger partial charge on any atom is 0.181 e. The van der Waals surface area contributed by atoms with Crippen molar-refractivity contribution in [2.75, 3.05) is 0 Å². The minimum absolute atomic E-state index is 0.242. The molecule has 0 saturated heterocycles. The zero-order chi connectivity index (χ0) is 11.0. The van der Waals surface area contributed by atoms with Crippen LogP contribution in [0.3, 0.4) is 0 Å². The third kappa shape index (κ3) is 1.60. The number of H-pyrrole nitrogens is 1. The van der Waals surface area contributed by atoms with E-state index < -0.39 is 0 Å². The summed E-state index contributed by atoms with van der Waals surface area (Å²) < 4.78 is 13.5. The minimum Gasteiger partial charge on any atom is -0.279 e. The van der Waals surface area contributed by atoms with Crippen LogP contribution in [0.25, 0.3) is 11.0 Å². The lowest BCUT2D eigenvalue weighted by Gasteiger charge is -2.02. The van der Waals surface area contributed by atoms with Gasteiger partial charge in [-0.1, -0.05) is 20.8 Å². The van der Waals surface area contributed by atoms with E-state index >= 15 is 0 Å². The van der Waals surface area contributed by atoms with Crippen molar-refractivity contribution < 1.29 is 4.39 Å². The van der Waals surface area contributed by atoms with Crippen LogP contribution < -0.4 is 0 Å². The predicted octanol–water partition coefficient (Wildman–Crippen LogP) is 2.78. The second kappa shape index (κ2) is 3.61. The molecule has 0 aromatic carbocycles. The molecule has 4 heteroatoms. The predicted molar refractivity (Wildman–Crippen MR) is 57.3 cm³/mol. The van der Waals surface area contributed by atoms with Gasteiger partial charge in [0.2, 0.25) is 0 Å². The summed E-state index contributed by atoms with van der Waals surface area (Å²) in [6, 6.07) is 1.53. The van der Waals surface area contributed by atoms with Gasteiger partial charge in [-0.15, -0.1) is 0 Å². The van der Waals surface area contributed by atoms with Gasteiger partial charge in [0.1, 0.15) is 5.82 Å². The van der Waals surface area contributed by atoms with Crippen molar-refractivity contribution in [1.29, 1.82) is 0 Å². The van der Waals surface area contributed by atoms with Crippen LogP contribution in [0.5, 0.6) is 0 Å². The van der Waals surface area contributed by atoms with E-state index in [2.05, 4.69) is 15.2 Å². The van der Waals surface area contributed by atoms with Gasteiger partial charge in [-0.05, 0) is 18.4 Å². The van der Waals surface area contributed by atoms with E-state index in [1.165, 1.54) is 6.07 Å². The van der Waals surface area contributed by atoms with Crippen molar-refractivity contribution in [1.82, 2.24) is 15.2 Å². The van der Waals surface area contributed by atoms with Gasteiger partial charge in [-0.25, -0.2) is 9.37 Å². The van der Waals surface area contributed by atoms with Crippen LogP contribution in [-0.2, 0) is 6.42 Å². The monoisotopic (exact) mass is 207 g/mol. The fourth-order valence-electron chi connectivity index (χ4n) is 1.66. The summed E-state index contributed by atoms with van der Waals surface area (Å²) >= 11 is 0. The third-order valence-corrected chi connectivity index (χ3v) is 2.51. The van der Waals surface area contributed by atoms with E-state index in [1.807, 2.05) is 20.8 Å². The van der Waals surface area contributed by atoms with Crippen molar-refractivity contribution in [3.8, 4) is 0 Å². The number of aromatic amines is 1. The van der Waals surface area contributed by atoms with Crippen molar-refractivity contribution in [3.05, 3.63) is 23.3 Å². The Kier molecular flexibility index (Phi) is 2.42. The lowest BCUT2D eigenvalue weighted by Crippen LogP contribution is -1.94. The minimum atomic E-state index is -0.242. The molecule has 0 atom stereocenters. The normalized spacial score (nSPS) is 11.5. The third-order valence-electron chi connectivity index (χ3n) is 2.51. The molecule has 0 bridgehead atoms. The molecule has 0 fully saturated rings. The van der Waals surface area contributed by atoms with Gasteiger partial charge in [0.05, 0.1) is 5.69 Å². The Hall–Kier alpha value is -1.45. The molecule has 0 aliphatic heterocycles. The summed E-state index contributed by atoms with van der Waals surface area (Å²) in [6.45, 7) is 5.96. The van der Waals surface area contributed by atoms with Crippen LogP contribution in [0.2, 0.25) is 0 Å². The van der Waals surface area contributed by atoms with Crippen LogP contribution in [-0.4, -0.2) is 15.2 Å². The average molecular weight is 207 g/mol. The quantitative estimate of drug-likeness (QED) is 0.822. The van der Waals surface area contributed by atoms with Gasteiger partial charge < -0.3 is 0 Å². The fourth-order valence-corrected chi connectivity index (χ4v) is 1.66. The van der Waals surface area contributed by atoms with E-state index in [1.54, 1.807) is 0 Å². The number of nitrogens with one attached hydrogen (secondary N) is 1. The van der Waals surface area contributed by atoms with Gasteiger partial charge in [-0.3, -0.25) is 5.10 Å². The zero-order valence-electron chi connectivity index (χ0n) is 9.13. The Morgan fingerprint density at radius 3 is 2.80 bits per heavy atom. The van der Waals surface area contributed by atoms with Crippen LogP contribution in [0.4, 0.5) is 4.39 Å². The standard InChI is InChI=1S/C11H14FN3/c1-4-9-8(12)5-7-10(6(2)3)14-15-11(7)13-9/h5-6H,4H2,1-3H3,(H,13,14,15). The van der Waals surface area contributed by atoms with Crippen LogP contribution in [0.15, 0.2) is 6.07 Å². The number of hydrogen-bond donors (Lipinski definition) is 1. The van der Waals surface area contributed by atoms with Crippen LogP contribution in [0, 0.1) is 5.82 Å². The van der Waals surface area contributed by atoms with Gasteiger partial charge in [0, 0.05) is 11.1 Å². The molecule has 3 nitrogen and oxygen atoms in total. The first-order chi connectivity index (χ1) is 7.13. The fraction of sp³-hybridized carbons (Fsp3) is 0.455. The molecule has 2 aromatic rings. The molecule has 0 aliphatic rings. The Morgan fingerprint density at radius 2 is 2.20 bits per heavy atom. The van der Waals surface area contributed by atoms with Crippen molar-refractivity contribution >= 4 is 11.0 Å². The summed E-state index contributed by atoms with van der Waals surface area (Å²) in [5.74, 6) is 0.0528. The summed E-state index contributed by atoms with van der Waals surface area (Å²) in [6.07, 6.45) is 0.589. The van der Waals surface area contributed by atoms with Gasteiger partial charge in [0.15, 0.2) is 5.65 Å². The molecular weight excluding hydrogens is 193 g/mol. The number of fused-ring (bicyclic) bond motifs is 1. The summed E-state index contributed by atoms with van der Waals surface area (Å²) in [5.41, 5.74) is 2.03. The van der Waals surface area contributed by atoms with E-state index in [9.17, 15) is 4.39 Å². The van der Waals surface area contributed by atoms with Crippen LogP contribution >= 0.6 is 0 Å². The summed E-state index contributed by atoms with van der Waals surface area (Å²) in [5, 5.41) is 7.79. The first kappa shape index (κ1) is 10.1. The molecular formula is C11H14FN3. The lowest BCUT2D eigenvalue weighted by atomic mass is 10.1. The number of halogens is 1. The molecule has 2 heterocycles. The number of rotatable bonds is 2. The molecule has 80 valence electrons. The van der Waals surface area contributed by atoms with E-state index in [4.69, 9.17) is 0 Å². The highest BCUT2D eigenvalue weighted by molar-refractivity contribution is 5.78. The number of hydrogen-bond acceptors (Lipinski definition) is 2. The average Bonchev–Trinajstić information content (AvgIpc) is 2.59. The molecule has 0 aliphatic carbocycles. The molecule has 0 spiro atoms. The summed E-state index contributed by atoms with van der Waals surface area (Å²) in [4.78, 5) is 4.18. The smallest absolute Gasteiger partial charge is 0.181 e. The lowest BCUT2D eigenvalue weighted by molar-refractivity contribution is 0.605.